The molecule has 0 atom stereocenters. The van der Waals surface area contributed by atoms with E-state index in [0.29, 0.717) is 0 Å². The number of fused-ring (bicyclic) bond motifs is 30. The van der Waals surface area contributed by atoms with Gasteiger partial charge in [-0.25, -0.2) is 0 Å². The average molecular weight is 1910 g/mol. The molecule has 0 aliphatic carbocycles. The summed E-state index contributed by atoms with van der Waals surface area (Å²) in [5, 5.41) is 35.9. The summed E-state index contributed by atoms with van der Waals surface area (Å²) in [4.78, 5) is 0. The van der Waals surface area contributed by atoms with Gasteiger partial charge in [-0.1, -0.05) is 382 Å². The highest BCUT2D eigenvalue weighted by molar-refractivity contribution is 7.25. The van der Waals surface area contributed by atoms with Crippen LogP contribution in [0.5, 0.6) is 0 Å². The Hall–Kier alpha value is -19.3. The van der Waals surface area contributed by atoms with Crippen molar-refractivity contribution >= 4 is 216 Å². The van der Waals surface area contributed by atoms with Gasteiger partial charge in [0.2, 0.25) is 0 Å². The maximum absolute atomic E-state index is 2.42. The normalized spacial score (nSPS) is 11.9. The Bertz CT molecular complexity index is 10900. The van der Waals surface area contributed by atoms with Gasteiger partial charge in [0.05, 0.1) is 44.1 Å². The van der Waals surface area contributed by atoms with Crippen LogP contribution < -0.4 is 0 Å². The molecule has 32 aromatic rings. The lowest BCUT2D eigenvalue weighted by Gasteiger charge is -2.16. The van der Waals surface area contributed by atoms with E-state index in [1.165, 1.54) is 277 Å². The van der Waals surface area contributed by atoms with Crippen molar-refractivity contribution in [3.63, 3.8) is 0 Å². The summed E-state index contributed by atoms with van der Waals surface area (Å²) in [6, 6.07) is 201. The van der Waals surface area contributed by atoms with Crippen LogP contribution in [0, 0.1) is 0 Å². The SMILES string of the molecule is c1cc(-c2ccc3c(ccc4cc(-c5cccc(-n6c7ccccc7c7ccccc76)c5)c5ccccc5c43)c2)cc(-n2c3ccccc3c3ccccc32)c1.c1ccc(-n2c3ccccc3c3cc(-c4cc(-c5ccc6c(c5)c5ccccc5n6-c5ccccc5)cc(-c5cc6ccc7ccccc7c6c6ccccc56)c4)ccc32)cc1.c1ccc2c(c1)ccc1ccc3cccc(-c4ccc5sc6ccccc6c5c4)c3c12. The van der Waals surface area contributed by atoms with Crippen LogP contribution in [0.1, 0.15) is 0 Å². The van der Waals surface area contributed by atoms with E-state index < -0.39 is 0 Å². The van der Waals surface area contributed by atoms with Gasteiger partial charge in [-0.05, 0) is 328 Å². The fourth-order valence-corrected chi connectivity index (χ4v) is 25.7. The van der Waals surface area contributed by atoms with Crippen LogP contribution in [-0.4, -0.2) is 18.3 Å². The first-order valence-electron chi connectivity index (χ1n) is 51.4. The topological polar surface area (TPSA) is 19.7 Å². The second kappa shape index (κ2) is 34.8. The molecule has 0 amide bonds. The van der Waals surface area contributed by atoms with E-state index in [9.17, 15) is 0 Å². The zero-order chi connectivity index (χ0) is 97.8. The van der Waals surface area contributed by atoms with E-state index in [4.69, 9.17) is 0 Å². The lowest BCUT2D eigenvalue weighted by atomic mass is 9.88. The summed E-state index contributed by atoms with van der Waals surface area (Å²) in [7, 11) is 0. The van der Waals surface area contributed by atoms with Gasteiger partial charge in [0.25, 0.3) is 0 Å². The predicted octanol–water partition coefficient (Wildman–Crippen LogP) is 40.2. The molecule has 0 unspecified atom stereocenters. The fraction of sp³-hybridized carbons (Fsp3) is 0. The van der Waals surface area contributed by atoms with Gasteiger partial charge in [0.1, 0.15) is 0 Å². The van der Waals surface area contributed by atoms with Crippen molar-refractivity contribution in [3.05, 3.63) is 546 Å². The summed E-state index contributed by atoms with van der Waals surface area (Å²) < 4.78 is 12.3. The number of hydrogen-bond donors (Lipinski definition) is 0. The van der Waals surface area contributed by atoms with Crippen LogP contribution >= 0.6 is 11.3 Å². The van der Waals surface area contributed by atoms with Crippen molar-refractivity contribution in [2.75, 3.05) is 0 Å². The lowest BCUT2D eigenvalue weighted by Crippen LogP contribution is -1.94. The summed E-state index contributed by atoms with van der Waals surface area (Å²) in [5.41, 5.74) is 29.0. The molecule has 0 saturated carbocycles. The molecular formula is C144H90N4S. The molecule has 27 aromatic carbocycles. The van der Waals surface area contributed by atoms with Gasteiger partial charge in [-0.15, -0.1) is 11.3 Å². The van der Waals surface area contributed by atoms with Crippen LogP contribution in [0.3, 0.4) is 0 Å². The average Bonchev–Trinajstić information content (AvgIpc) is 1.49. The van der Waals surface area contributed by atoms with Gasteiger partial charge in [0, 0.05) is 86.0 Å². The lowest BCUT2D eigenvalue weighted by molar-refractivity contribution is 1.18. The Morgan fingerprint density at radius 1 is 0.114 bits per heavy atom. The van der Waals surface area contributed by atoms with Gasteiger partial charge in [-0.3, -0.25) is 0 Å². The molecule has 5 aromatic heterocycles. The molecule has 0 radical (unpaired) electrons. The standard InChI is InChI=1S/C60H38N2.C54H34N2.C30H18S/c1-3-16-46(17-4-1)61-56-25-13-11-22-50(56)54-36-40(29-31-58(54)61)43-33-44(41-30-32-59-55(37-41)51-23-12-14-26-57(51)62(59)47-18-5-2-6-19-47)35-45(34-43)53-38-42-28-27-39-15-7-8-20-48(39)60(42)52-24-10-9-21-49(52)53;1-2-22-48-43(17-1)49(37-14-12-16-41(33-37)56-52-25-9-5-20-46(52)47-21-6-10-26-53(47)56)34-39-28-27-38-31-36(29-30-42(38)54(39)48)35-13-11-15-40(32-35)55-50-23-7-3-18-44(50)45-19-4-8-24-51(45)55;1-2-8-23-19(6-1)12-13-21-15-14-20-7-5-10-24(29(20)30(21)23)22-16-17-28-26(18-22)25-9-3-4-11-27(25)31-28/h1-38H;1-34H;1-18H. The number of aromatic nitrogens is 4. The largest absolute Gasteiger partial charge is 0.309 e. The zero-order valence-electron chi connectivity index (χ0n) is 81.2. The van der Waals surface area contributed by atoms with Gasteiger partial charge < -0.3 is 18.3 Å². The van der Waals surface area contributed by atoms with Crippen LogP contribution in [0.4, 0.5) is 0 Å². The minimum absolute atomic E-state index is 1.16. The molecule has 4 nitrogen and oxygen atoms in total. The van der Waals surface area contributed by atoms with Crippen molar-refractivity contribution in [1.29, 1.82) is 0 Å². The molecule has 0 aliphatic rings. The highest BCUT2D eigenvalue weighted by Gasteiger charge is 2.24. The number of hydrogen-bond acceptors (Lipinski definition) is 1. The molecular weight excluding hydrogens is 1820 g/mol. The third-order valence-electron chi connectivity index (χ3n) is 31.3. The summed E-state index contributed by atoms with van der Waals surface area (Å²) >= 11 is 1.87. The molecule has 0 spiro atoms. The molecule has 0 aliphatic heterocycles. The highest BCUT2D eigenvalue weighted by atomic mass is 32.1. The Morgan fingerprint density at radius 3 is 0.940 bits per heavy atom. The van der Waals surface area contributed by atoms with E-state index in [2.05, 4.69) is 564 Å². The first-order chi connectivity index (χ1) is 73.9. The third-order valence-corrected chi connectivity index (χ3v) is 32.5. The monoisotopic (exact) mass is 1910 g/mol. The molecule has 0 N–H and O–H groups in total. The molecule has 692 valence electrons. The second-order valence-electron chi connectivity index (χ2n) is 39.6. The molecule has 5 heterocycles. The van der Waals surface area contributed by atoms with E-state index in [1.807, 2.05) is 11.3 Å². The smallest absolute Gasteiger partial charge is 0.0541 e. The maximum atomic E-state index is 2.42. The minimum atomic E-state index is 1.16. The Kier molecular flexibility index (Phi) is 19.9. The summed E-state index contributed by atoms with van der Waals surface area (Å²) in [6.45, 7) is 0. The minimum Gasteiger partial charge on any atom is -0.309 e. The predicted molar refractivity (Wildman–Crippen MR) is 640 cm³/mol. The van der Waals surface area contributed by atoms with Gasteiger partial charge in [0.15, 0.2) is 0 Å². The Labute approximate surface area is 862 Å². The number of benzene rings is 27. The van der Waals surface area contributed by atoms with E-state index in [-0.39, 0.29) is 0 Å². The number of rotatable bonds is 10. The molecule has 5 heteroatoms. The molecule has 0 saturated heterocycles. The molecule has 149 heavy (non-hydrogen) atoms. The zero-order valence-corrected chi connectivity index (χ0v) is 82.0. The van der Waals surface area contributed by atoms with Crippen LogP contribution in [0.2, 0.25) is 0 Å². The van der Waals surface area contributed by atoms with E-state index in [0.717, 1.165) is 17.1 Å². The Balaban J connectivity index is 0.000000108. The van der Waals surface area contributed by atoms with Crippen LogP contribution in [0.25, 0.3) is 294 Å². The molecule has 0 bridgehead atoms. The van der Waals surface area contributed by atoms with E-state index in [1.54, 1.807) is 0 Å². The molecule has 0 fully saturated rings. The van der Waals surface area contributed by atoms with Crippen molar-refractivity contribution in [2.24, 2.45) is 0 Å². The van der Waals surface area contributed by atoms with Crippen molar-refractivity contribution in [3.8, 4) is 89.5 Å². The first-order valence-corrected chi connectivity index (χ1v) is 52.2. The highest BCUT2D eigenvalue weighted by Crippen LogP contribution is 2.49. The molecule has 32 rings (SSSR count). The maximum Gasteiger partial charge on any atom is 0.0541 e. The second-order valence-corrected chi connectivity index (χ2v) is 40.7. The van der Waals surface area contributed by atoms with Crippen molar-refractivity contribution in [1.82, 2.24) is 18.3 Å². The van der Waals surface area contributed by atoms with Gasteiger partial charge in [-0.2, -0.15) is 0 Å². The van der Waals surface area contributed by atoms with Crippen LogP contribution in [0.15, 0.2) is 546 Å². The number of nitrogens with zero attached hydrogens (tertiary/aromatic N) is 4. The summed E-state index contributed by atoms with van der Waals surface area (Å²) in [5.74, 6) is 0. The number of para-hydroxylation sites is 8. The summed E-state index contributed by atoms with van der Waals surface area (Å²) in [6.07, 6.45) is 0. The Morgan fingerprint density at radius 2 is 0.423 bits per heavy atom. The first kappa shape index (κ1) is 85.3. The fourth-order valence-electron chi connectivity index (χ4n) is 24.7. The van der Waals surface area contributed by atoms with Crippen LogP contribution in [-0.2, 0) is 0 Å². The number of thiophene rings is 1. The van der Waals surface area contributed by atoms with E-state index >= 15 is 0 Å². The third kappa shape index (κ3) is 14.0. The van der Waals surface area contributed by atoms with Crippen molar-refractivity contribution < 1.29 is 0 Å². The van der Waals surface area contributed by atoms with Gasteiger partial charge >= 0.3 is 0 Å². The quantitative estimate of drug-likeness (QED) is 0.122. The van der Waals surface area contributed by atoms with Crippen molar-refractivity contribution in [2.45, 2.75) is 0 Å².